The van der Waals surface area contributed by atoms with E-state index in [1.807, 2.05) is 19.1 Å². The van der Waals surface area contributed by atoms with Crippen molar-refractivity contribution in [1.29, 1.82) is 0 Å². The molecule has 1 aromatic heterocycles. The van der Waals surface area contributed by atoms with E-state index in [4.69, 9.17) is 5.73 Å². The lowest BCUT2D eigenvalue weighted by atomic mass is 10.1. The van der Waals surface area contributed by atoms with Gasteiger partial charge in [0.15, 0.2) is 0 Å². The molecule has 20 heavy (non-hydrogen) atoms. The average molecular weight is 312 g/mol. The van der Waals surface area contributed by atoms with E-state index in [-0.39, 0.29) is 18.3 Å². The van der Waals surface area contributed by atoms with Gasteiger partial charge in [0, 0.05) is 18.5 Å². The molecule has 0 spiro atoms. The number of carbonyl (C=O) groups excluding carboxylic acids is 1. The van der Waals surface area contributed by atoms with Gasteiger partial charge in [0.25, 0.3) is 5.91 Å². The quantitative estimate of drug-likeness (QED) is 0.912. The largest absolute Gasteiger partial charge is 0.347 e. The summed E-state index contributed by atoms with van der Waals surface area (Å²) in [4.78, 5) is 16.1. The zero-order valence-corrected chi connectivity index (χ0v) is 13.1. The number of benzene rings is 1. The molecule has 0 fully saturated rings. The van der Waals surface area contributed by atoms with Crippen LogP contribution in [0, 0.1) is 13.8 Å². The number of amides is 1. The van der Waals surface area contributed by atoms with Crippen molar-refractivity contribution in [1.82, 2.24) is 10.3 Å². The Hall–Kier alpha value is -1.43. The van der Waals surface area contributed by atoms with Gasteiger partial charge in [-0.1, -0.05) is 23.8 Å². The summed E-state index contributed by atoms with van der Waals surface area (Å²) in [6, 6.07) is 6.19. The van der Waals surface area contributed by atoms with E-state index in [1.54, 1.807) is 5.38 Å². The summed E-state index contributed by atoms with van der Waals surface area (Å²) in [5.74, 6) is -0.157. The lowest BCUT2D eigenvalue weighted by Crippen LogP contribution is -2.23. The molecule has 0 aliphatic carbocycles. The number of nitrogens with two attached hydrogens (primary N) is 1. The molecule has 1 heterocycles. The van der Waals surface area contributed by atoms with E-state index in [1.165, 1.54) is 22.5 Å². The molecule has 2 aromatic rings. The number of halogens is 1. The molecular weight excluding hydrogens is 294 g/mol. The van der Waals surface area contributed by atoms with Crippen molar-refractivity contribution in [2.45, 2.75) is 26.9 Å². The van der Waals surface area contributed by atoms with Gasteiger partial charge < -0.3 is 11.1 Å². The van der Waals surface area contributed by atoms with Crippen LogP contribution in [0.5, 0.6) is 0 Å². The highest BCUT2D eigenvalue weighted by Crippen LogP contribution is 2.11. The average Bonchev–Trinajstić information content (AvgIpc) is 2.86. The molecule has 0 saturated carbocycles. The maximum atomic E-state index is 11.9. The van der Waals surface area contributed by atoms with Crippen molar-refractivity contribution in [2.24, 2.45) is 5.73 Å². The number of carbonyl (C=O) groups is 1. The summed E-state index contributed by atoms with van der Waals surface area (Å²) < 4.78 is 0. The number of hydrogen-bond donors (Lipinski definition) is 2. The summed E-state index contributed by atoms with van der Waals surface area (Å²) in [7, 11) is 0. The minimum absolute atomic E-state index is 0. The van der Waals surface area contributed by atoms with E-state index >= 15 is 0 Å². The summed E-state index contributed by atoms with van der Waals surface area (Å²) in [5.41, 5.74) is 9.44. The van der Waals surface area contributed by atoms with E-state index in [9.17, 15) is 4.79 Å². The van der Waals surface area contributed by atoms with E-state index in [0.717, 1.165) is 10.6 Å². The molecule has 4 nitrogen and oxygen atoms in total. The summed E-state index contributed by atoms with van der Waals surface area (Å²) in [5, 5.41) is 5.39. The Morgan fingerprint density at radius 2 is 2.15 bits per heavy atom. The predicted octanol–water partition coefficient (Wildman–Crippen LogP) is 2.57. The number of nitrogens with one attached hydrogen (secondary N) is 1. The molecule has 1 aromatic carbocycles. The number of thiazole rings is 1. The fraction of sp³-hybridized carbons (Fsp3) is 0.286. The molecule has 0 aliphatic heterocycles. The second kappa shape index (κ2) is 7.38. The molecule has 0 bridgehead atoms. The van der Waals surface area contributed by atoms with Gasteiger partial charge in [0.2, 0.25) is 0 Å². The Balaban J connectivity index is 0.00000200. The Labute approximate surface area is 128 Å². The molecule has 6 heteroatoms. The highest BCUT2D eigenvalue weighted by molar-refractivity contribution is 7.09. The maximum absolute atomic E-state index is 11.9. The van der Waals surface area contributed by atoms with Gasteiger partial charge in [-0.15, -0.1) is 23.7 Å². The van der Waals surface area contributed by atoms with Gasteiger partial charge in [-0.3, -0.25) is 4.79 Å². The van der Waals surface area contributed by atoms with Crippen LogP contribution in [0.3, 0.4) is 0 Å². The van der Waals surface area contributed by atoms with Crippen molar-refractivity contribution in [3.05, 3.63) is 51.0 Å². The third kappa shape index (κ3) is 4.03. The third-order valence-corrected chi connectivity index (χ3v) is 3.77. The van der Waals surface area contributed by atoms with Crippen LogP contribution in [-0.2, 0) is 13.1 Å². The standard InChI is InChI=1S/C14H17N3OS.ClH/c1-9-3-4-11(10(2)5-9)7-16-14(18)12-8-19-13(6-15)17-12;/h3-5,8H,6-7,15H2,1-2H3,(H,16,18);1H. The SMILES string of the molecule is Cc1ccc(CNC(=O)c2csc(CN)n2)c(C)c1.Cl. The molecule has 0 atom stereocenters. The molecular formula is C14H18ClN3OS. The smallest absolute Gasteiger partial charge is 0.271 e. The second-order valence-electron chi connectivity index (χ2n) is 4.44. The predicted molar refractivity (Wildman–Crippen MR) is 84.3 cm³/mol. The fourth-order valence-corrected chi connectivity index (χ4v) is 2.47. The Morgan fingerprint density at radius 1 is 1.40 bits per heavy atom. The Kier molecular flexibility index (Phi) is 6.13. The Morgan fingerprint density at radius 3 is 2.75 bits per heavy atom. The molecule has 2 rings (SSSR count). The van der Waals surface area contributed by atoms with Crippen LogP contribution in [0.4, 0.5) is 0 Å². The van der Waals surface area contributed by atoms with Gasteiger partial charge >= 0.3 is 0 Å². The molecule has 0 unspecified atom stereocenters. The topological polar surface area (TPSA) is 68.0 Å². The van der Waals surface area contributed by atoms with Gasteiger partial charge in [0.1, 0.15) is 10.7 Å². The monoisotopic (exact) mass is 311 g/mol. The lowest BCUT2D eigenvalue weighted by molar-refractivity contribution is 0.0946. The van der Waals surface area contributed by atoms with Crippen molar-refractivity contribution >= 4 is 29.7 Å². The highest BCUT2D eigenvalue weighted by Gasteiger charge is 2.10. The summed E-state index contributed by atoms with van der Waals surface area (Å²) in [6.07, 6.45) is 0. The minimum Gasteiger partial charge on any atom is -0.347 e. The summed E-state index contributed by atoms with van der Waals surface area (Å²) in [6.45, 7) is 4.98. The van der Waals surface area contributed by atoms with Gasteiger partial charge in [-0.2, -0.15) is 0 Å². The minimum atomic E-state index is -0.157. The first-order chi connectivity index (χ1) is 9.10. The van der Waals surface area contributed by atoms with Crippen LogP contribution in [-0.4, -0.2) is 10.9 Å². The molecule has 1 amide bonds. The summed E-state index contributed by atoms with van der Waals surface area (Å²) >= 11 is 1.41. The van der Waals surface area contributed by atoms with Crippen molar-refractivity contribution in [2.75, 3.05) is 0 Å². The number of aromatic nitrogens is 1. The Bertz CT molecular complexity index is 598. The van der Waals surface area contributed by atoms with Crippen LogP contribution >= 0.6 is 23.7 Å². The van der Waals surface area contributed by atoms with Crippen LogP contribution in [0.1, 0.15) is 32.2 Å². The first kappa shape index (κ1) is 16.6. The maximum Gasteiger partial charge on any atom is 0.271 e. The van der Waals surface area contributed by atoms with Crippen LogP contribution in [0.25, 0.3) is 0 Å². The number of rotatable bonds is 4. The number of hydrogen-bond acceptors (Lipinski definition) is 4. The zero-order valence-electron chi connectivity index (χ0n) is 11.5. The highest BCUT2D eigenvalue weighted by atomic mass is 35.5. The van der Waals surface area contributed by atoms with Crippen LogP contribution in [0.15, 0.2) is 23.6 Å². The molecule has 108 valence electrons. The van der Waals surface area contributed by atoms with E-state index < -0.39 is 0 Å². The lowest BCUT2D eigenvalue weighted by Gasteiger charge is -2.07. The van der Waals surface area contributed by atoms with Crippen LogP contribution < -0.4 is 11.1 Å². The van der Waals surface area contributed by atoms with Gasteiger partial charge in [-0.05, 0) is 25.0 Å². The van der Waals surface area contributed by atoms with Gasteiger partial charge in [-0.25, -0.2) is 4.98 Å². The van der Waals surface area contributed by atoms with E-state index in [0.29, 0.717) is 18.8 Å². The van der Waals surface area contributed by atoms with Crippen LogP contribution in [0.2, 0.25) is 0 Å². The van der Waals surface area contributed by atoms with Crippen molar-refractivity contribution < 1.29 is 4.79 Å². The first-order valence-electron chi connectivity index (χ1n) is 6.09. The number of aryl methyl sites for hydroxylation is 2. The molecule has 3 N–H and O–H groups in total. The number of nitrogens with zero attached hydrogens (tertiary/aromatic N) is 1. The van der Waals surface area contributed by atoms with Crippen molar-refractivity contribution in [3.63, 3.8) is 0 Å². The zero-order chi connectivity index (χ0) is 13.8. The normalized spacial score (nSPS) is 9.95. The van der Waals surface area contributed by atoms with Crippen molar-refractivity contribution in [3.8, 4) is 0 Å². The molecule has 0 aliphatic rings. The van der Waals surface area contributed by atoms with E-state index in [2.05, 4.69) is 23.3 Å². The third-order valence-electron chi connectivity index (χ3n) is 2.90. The van der Waals surface area contributed by atoms with Gasteiger partial charge in [0.05, 0.1) is 0 Å². The fourth-order valence-electron chi connectivity index (χ4n) is 1.82. The molecule has 0 radical (unpaired) electrons. The second-order valence-corrected chi connectivity index (χ2v) is 5.39. The first-order valence-corrected chi connectivity index (χ1v) is 6.97. The molecule has 0 saturated heterocycles.